The van der Waals surface area contributed by atoms with Gasteiger partial charge in [-0.3, -0.25) is 0 Å². The molecule has 5 heteroatoms. The van der Waals surface area contributed by atoms with Gasteiger partial charge in [0, 0.05) is 13.2 Å². The van der Waals surface area contributed by atoms with E-state index in [1.807, 2.05) is 30.3 Å². The Kier molecular flexibility index (Phi) is 4.96. The van der Waals surface area contributed by atoms with Crippen LogP contribution >= 0.6 is 0 Å². The zero-order valence-electron chi connectivity index (χ0n) is 11.2. The van der Waals surface area contributed by atoms with E-state index in [9.17, 15) is 8.42 Å². The summed E-state index contributed by atoms with van der Waals surface area (Å²) in [7, 11) is -1.43. The first-order valence-corrected chi connectivity index (χ1v) is 8.38. The molecular formula is C14H21NO3S. The third kappa shape index (κ3) is 3.78. The zero-order chi connectivity index (χ0) is 13.7. The van der Waals surface area contributed by atoms with Gasteiger partial charge in [0.05, 0.1) is 17.1 Å². The average molecular weight is 283 g/mol. The highest BCUT2D eigenvalue weighted by molar-refractivity contribution is 7.91. The number of nitrogens with one attached hydrogen (secondary N) is 1. The minimum atomic E-state index is -3.21. The van der Waals surface area contributed by atoms with E-state index < -0.39 is 15.1 Å². The highest BCUT2D eigenvalue weighted by Gasteiger charge is 2.31. The van der Waals surface area contributed by atoms with Gasteiger partial charge < -0.3 is 10.1 Å². The Bertz CT molecular complexity index is 481. The molecule has 1 fully saturated rings. The molecule has 0 amide bonds. The highest BCUT2D eigenvalue weighted by Crippen LogP contribution is 2.25. The van der Waals surface area contributed by atoms with Crippen molar-refractivity contribution in [1.29, 1.82) is 0 Å². The number of likely N-dealkylation sites (N-methyl/N-ethyl adjacent to an activating group) is 1. The van der Waals surface area contributed by atoms with Crippen LogP contribution in [0.3, 0.4) is 0 Å². The van der Waals surface area contributed by atoms with Crippen LogP contribution in [0.5, 0.6) is 0 Å². The van der Waals surface area contributed by atoms with Crippen molar-refractivity contribution in [2.24, 2.45) is 0 Å². The summed E-state index contributed by atoms with van der Waals surface area (Å²) in [6, 6.07) is 9.38. The average Bonchev–Trinajstić information content (AvgIpc) is 2.89. The van der Waals surface area contributed by atoms with Gasteiger partial charge in [0.25, 0.3) is 0 Å². The van der Waals surface area contributed by atoms with Gasteiger partial charge in [-0.05, 0) is 25.5 Å². The van der Waals surface area contributed by atoms with Crippen LogP contribution in [-0.2, 0) is 14.6 Å². The minimum Gasteiger partial charge on any atom is -0.377 e. The first-order chi connectivity index (χ1) is 9.13. The molecule has 1 aromatic carbocycles. The maximum Gasteiger partial charge on any atom is 0.161 e. The number of sulfone groups is 1. The second kappa shape index (κ2) is 6.50. The van der Waals surface area contributed by atoms with Crippen LogP contribution in [0.2, 0.25) is 0 Å². The lowest BCUT2D eigenvalue weighted by atomic mass is 10.1. The predicted molar refractivity (Wildman–Crippen MR) is 75.9 cm³/mol. The molecule has 2 unspecified atom stereocenters. The Labute approximate surface area is 115 Å². The number of ether oxygens (including phenoxy) is 1. The molecule has 0 aliphatic carbocycles. The molecule has 0 spiro atoms. The Hall–Kier alpha value is -0.910. The van der Waals surface area contributed by atoms with Gasteiger partial charge in [0.15, 0.2) is 9.84 Å². The molecule has 2 atom stereocenters. The van der Waals surface area contributed by atoms with E-state index in [0.717, 1.165) is 18.4 Å². The predicted octanol–water partition coefficient (Wildman–Crippen LogP) is 1.54. The molecule has 0 saturated carbocycles. The van der Waals surface area contributed by atoms with Crippen molar-refractivity contribution in [2.45, 2.75) is 24.2 Å². The van der Waals surface area contributed by atoms with Gasteiger partial charge in [-0.25, -0.2) is 8.42 Å². The fourth-order valence-electron chi connectivity index (χ4n) is 2.46. The first kappa shape index (κ1) is 14.5. The Morgan fingerprint density at radius 1 is 1.37 bits per heavy atom. The molecule has 1 aliphatic heterocycles. The Balaban J connectivity index is 2.17. The smallest absolute Gasteiger partial charge is 0.161 e. The summed E-state index contributed by atoms with van der Waals surface area (Å²) in [6.07, 6.45) is 1.68. The van der Waals surface area contributed by atoms with E-state index in [4.69, 9.17) is 4.74 Å². The van der Waals surface area contributed by atoms with Crippen LogP contribution in [-0.4, -0.2) is 40.5 Å². The van der Waals surface area contributed by atoms with Gasteiger partial charge in [-0.15, -0.1) is 0 Å². The van der Waals surface area contributed by atoms with Crippen LogP contribution in [0.15, 0.2) is 30.3 Å². The summed E-state index contributed by atoms with van der Waals surface area (Å²) in [6.45, 7) is 1.11. The van der Waals surface area contributed by atoms with Crippen molar-refractivity contribution >= 4 is 9.84 Å². The normalized spacial score (nSPS) is 21.4. The monoisotopic (exact) mass is 283 g/mol. The second-order valence-corrected chi connectivity index (χ2v) is 7.15. The number of hydrogen-bond donors (Lipinski definition) is 1. The summed E-state index contributed by atoms with van der Waals surface area (Å²) in [5.74, 6) is 0.119. The molecule has 1 aliphatic rings. The summed E-state index contributed by atoms with van der Waals surface area (Å²) < 4.78 is 30.6. The fraction of sp³-hybridized carbons (Fsp3) is 0.571. The van der Waals surface area contributed by atoms with Crippen molar-refractivity contribution in [3.05, 3.63) is 35.9 Å². The Morgan fingerprint density at radius 3 is 2.68 bits per heavy atom. The van der Waals surface area contributed by atoms with E-state index in [-0.39, 0.29) is 11.9 Å². The molecule has 106 valence electrons. The molecule has 0 aromatic heterocycles. The quantitative estimate of drug-likeness (QED) is 0.860. The van der Waals surface area contributed by atoms with Gasteiger partial charge >= 0.3 is 0 Å². The van der Waals surface area contributed by atoms with Gasteiger partial charge in [0.2, 0.25) is 0 Å². The largest absolute Gasteiger partial charge is 0.377 e. The summed E-state index contributed by atoms with van der Waals surface area (Å²) in [5.41, 5.74) is 0.842. The number of hydrogen-bond acceptors (Lipinski definition) is 4. The molecule has 0 bridgehead atoms. The topological polar surface area (TPSA) is 55.4 Å². The molecule has 2 rings (SSSR count). The minimum absolute atomic E-state index is 0.119. The standard InChI is InChI=1S/C14H21NO3S/c1-15-10-14(12-6-3-2-4-7-12)19(16,17)11-13-8-5-9-18-13/h2-4,6-7,13-15H,5,8-11H2,1H3. The fourth-order valence-corrected chi connectivity index (χ4v) is 4.46. The summed E-state index contributed by atoms with van der Waals surface area (Å²) >= 11 is 0. The van der Waals surface area contributed by atoms with Crippen molar-refractivity contribution in [3.8, 4) is 0 Å². The summed E-state index contributed by atoms with van der Waals surface area (Å²) in [5, 5.41) is 2.48. The van der Waals surface area contributed by atoms with E-state index in [1.165, 1.54) is 0 Å². The molecule has 19 heavy (non-hydrogen) atoms. The molecule has 4 nitrogen and oxygen atoms in total. The number of benzene rings is 1. The maximum atomic E-state index is 12.6. The van der Waals surface area contributed by atoms with Crippen LogP contribution in [0.4, 0.5) is 0 Å². The van der Waals surface area contributed by atoms with Crippen molar-refractivity contribution in [1.82, 2.24) is 5.32 Å². The second-order valence-electron chi connectivity index (χ2n) is 4.92. The highest BCUT2D eigenvalue weighted by atomic mass is 32.2. The molecule has 0 radical (unpaired) electrons. The third-order valence-electron chi connectivity index (χ3n) is 3.44. The molecule has 1 saturated heterocycles. The van der Waals surface area contributed by atoms with Gasteiger partial charge in [-0.2, -0.15) is 0 Å². The van der Waals surface area contributed by atoms with Crippen LogP contribution < -0.4 is 5.32 Å². The van der Waals surface area contributed by atoms with E-state index in [0.29, 0.717) is 13.2 Å². The lowest BCUT2D eigenvalue weighted by molar-refractivity contribution is 0.127. The number of rotatable bonds is 6. The lowest BCUT2D eigenvalue weighted by Gasteiger charge is -2.20. The summed E-state index contributed by atoms with van der Waals surface area (Å²) in [4.78, 5) is 0. The molecular weight excluding hydrogens is 262 g/mol. The third-order valence-corrected chi connectivity index (χ3v) is 5.58. The van der Waals surface area contributed by atoms with Crippen LogP contribution in [0.25, 0.3) is 0 Å². The maximum absolute atomic E-state index is 12.6. The van der Waals surface area contributed by atoms with Crippen molar-refractivity contribution < 1.29 is 13.2 Å². The first-order valence-electron chi connectivity index (χ1n) is 6.66. The zero-order valence-corrected chi connectivity index (χ0v) is 12.0. The molecule has 1 aromatic rings. The van der Waals surface area contributed by atoms with Gasteiger partial charge in [-0.1, -0.05) is 30.3 Å². The molecule has 1 N–H and O–H groups in total. The lowest BCUT2D eigenvalue weighted by Crippen LogP contribution is -2.30. The molecule has 1 heterocycles. The van der Waals surface area contributed by atoms with Gasteiger partial charge in [0.1, 0.15) is 0 Å². The Morgan fingerprint density at radius 2 is 2.11 bits per heavy atom. The van der Waals surface area contributed by atoms with E-state index >= 15 is 0 Å². The van der Waals surface area contributed by atoms with Crippen molar-refractivity contribution in [3.63, 3.8) is 0 Å². The van der Waals surface area contributed by atoms with E-state index in [2.05, 4.69) is 5.32 Å². The van der Waals surface area contributed by atoms with Crippen molar-refractivity contribution in [2.75, 3.05) is 26.0 Å². The van der Waals surface area contributed by atoms with Crippen LogP contribution in [0, 0.1) is 0 Å². The SMILES string of the molecule is CNCC(c1ccccc1)S(=O)(=O)CC1CCCO1. The van der Waals surface area contributed by atoms with E-state index in [1.54, 1.807) is 7.05 Å². The van der Waals surface area contributed by atoms with Crippen LogP contribution in [0.1, 0.15) is 23.7 Å².